The lowest BCUT2D eigenvalue weighted by atomic mass is 9.65. The van der Waals surface area contributed by atoms with Gasteiger partial charge in [-0.15, -0.1) is 0 Å². The first kappa shape index (κ1) is 68.5. The molecule has 8 amide bonds. The number of imide groups is 4. The highest BCUT2D eigenvalue weighted by atomic mass is 19.4. The molecule has 6 aromatic carbocycles. The molecular formula is C71H65F9N4O11. The van der Waals surface area contributed by atoms with E-state index >= 15 is 39.5 Å². The number of carbonyl (C=O) groups excluding carboxylic acids is 9. The van der Waals surface area contributed by atoms with Gasteiger partial charge in [0.1, 0.15) is 5.41 Å². The number of nitrogens with zero attached hydrogens (tertiary/aromatic N) is 4. The van der Waals surface area contributed by atoms with Crippen LogP contribution in [0, 0.1) is 20.8 Å². The van der Waals surface area contributed by atoms with Crippen molar-refractivity contribution < 1.29 is 92.5 Å². The Balaban J connectivity index is 0.981. The molecule has 15 nitrogen and oxygen atoms in total. The molecule has 6 aromatic rings. The maximum absolute atomic E-state index is 16.0. The molecule has 0 saturated carbocycles. The van der Waals surface area contributed by atoms with Crippen molar-refractivity contribution in [2.45, 2.75) is 155 Å². The SMILES string of the molecule is Cc1cc(C)c(C(C)(C)C(C)(C)N2C(=O)c3ccc(C(C)(c4ccc5c(c4)C(=O)N(c4cc(C(=O)OCCCO)cc(C(C)(C)C)c4)C5=O)C(F)(F)F)cc3C2=O)c(C)c1N1C(=O)c2ccc(C(c3ccc4c(c3)C(=O)N(C(C)(C)C)C4=O)(C(F)(F)F)C(F)(F)F)cc2C1=O. The number of benzene rings is 6. The largest absolute Gasteiger partial charge is 0.462 e. The Bertz CT molecular complexity index is 4420. The number of rotatable bonds is 13. The van der Waals surface area contributed by atoms with Gasteiger partial charge in [0, 0.05) is 24.0 Å². The number of aryl methyl sites for hydroxylation is 2. The molecule has 0 saturated heterocycles. The van der Waals surface area contributed by atoms with E-state index in [1.807, 2.05) is 20.8 Å². The summed E-state index contributed by atoms with van der Waals surface area (Å²) in [7, 11) is 0. The van der Waals surface area contributed by atoms with Gasteiger partial charge < -0.3 is 9.84 Å². The molecule has 1 atom stereocenters. The Morgan fingerprint density at radius 2 is 0.842 bits per heavy atom. The topological polar surface area (TPSA) is 196 Å². The standard InChI is InChI=1S/C71H65F9N4O11/c1-34-26-35(2)53(82-55(87)45-22-18-40(32-49(45)57(82)89)68(70(75,76)77,71(78,79)80)41-19-23-46-51(33-41)60(92)83(58(46)90)64(7,8)9)36(3)52(34)65(10,11)66(12,13)84-59(91)47-21-17-39(31-50(47)61(84)93)67(14,69(72,73)74)38-16-20-44-48(30-38)56(88)81(54(44)86)43-28-37(62(94)95-25-15-24-85)27-42(29-43)63(4,5)6/h16-23,26-33,85H,15,24-25H2,1-14H3. The van der Waals surface area contributed by atoms with Crippen molar-refractivity contribution in [3.05, 3.63) is 197 Å². The third-order valence-corrected chi connectivity index (χ3v) is 19.3. The Kier molecular flexibility index (Phi) is 16.0. The Morgan fingerprint density at radius 1 is 0.442 bits per heavy atom. The van der Waals surface area contributed by atoms with E-state index in [1.165, 1.54) is 72.7 Å². The fourth-order valence-corrected chi connectivity index (χ4v) is 13.8. The first-order chi connectivity index (χ1) is 43.7. The van der Waals surface area contributed by atoms with Crippen molar-refractivity contribution in [2.75, 3.05) is 23.0 Å². The molecule has 4 heterocycles. The summed E-state index contributed by atoms with van der Waals surface area (Å²) >= 11 is 0. The zero-order valence-corrected chi connectivity index (χ0v) is 54.1. The number of halogens is 9. The second-order valence-electron chi connectivity index (χ2n) is 27.6. The summed E-state index contributed by atoms with van der Waals surface area (Å²) in [5.41, 5.74) is -19.8. The van der Waals surface area contributed by atoms with Crippen LogP contribution in [0.4, 0.5) is 50.9 Å². The minimum absolute atomic E-state index is 0.0389. The molecule has 10 rings (SSSR count). The van der Waals surface area contributed by atoms with Crippen LogP contribution in [0.1, 0.15) is 226 Å². The molecule has 1 unspecified atom stereocenters. The average molecular weight is 1320 g/mol. The van der Waals surface area contributed by atoms with Crippen LogP contribution in [0.3, 0.4) is 0 Å². The second kappa shape index (κ2) is 22.1. The average Bonchev–Trinajstić information content (AvgIpc) is 1.69. The van der Waals surface area contributed by atoms with E-state index in [4.69, 9.17) is 4.74 Å². The van der Waals surface area contributed by atoms with Gasteiger partial charge in [0.05, 0.1) is 73.6 Å². The quantitative estimate of drug-likeness (QED) is 0.0500. The summed E-state index contributed by atoms with van der Waals surface area (Å²) in [6.45, 7) is 21.0. The van der Waals surface area contributed by atoms with E-state index in [-0.39, 0.29) is 58.8 Å². The van der Waals surface area contributed by atoms with E-state index in [0.29, 0.717) is 62.9 Å². The Hall–Kier alpha value is -9.32. The van der Waals surface area contributed by atoms with Crippen LogP contribution in [-0.4, -0.2) is 111 Å². The first-order valence-corrected chi connectivity index (χ1v) is 30.0. The molecule has 498 valence electrons. The van der Waals surface area contributed by atoms with E-state index in [2.05, 4.69) is 0 Å². The zero-order valence-electron chi connectivity index (χ0n) is 54.1. The minimum Gasteiger partial charge on any atom is -0.462 e. The third kappa shape index (κ3) is 10.1. The van der Waals surface area contributed by atoms with Crippen molar-refractivity contribution in [1.29, 1.82) is 0 Å². The van der Waals surface area contributed by atoms with Gasteiger partial charge in [-0.2, -0.15) is 39.5 Å². The molecule has 4 aliphatic heterocycles. The predicted molar refractivity (Wildman–Crippen MR) is 329 cm³/mol. The fourth-order valence-electron chi connectivity index (χ4n) is 13.8. The highest BCUT2D eigenvalue weighted by molar-refractivity contribution is 6.36. The predicted octanol–water partition coefficient (Wildman–Crippen LogP) is 14.1. The maximum Gasteiger partial charge on any atom is 0.411 e. The molecule has 0 fully saturated rings. The summed E-state index contributed by atoms with van der Waals surface area (Å²) in [4.78, 5) is 130. The molecule has 0 bridgehead atoms. The lowest BCUT2D eigenvalue weighted by Crippen LogP contribution is -2.58. The summed E-state index contributed by atoms with van der Waals surface area (Å²) < 4.78 is 148. The van der Waals surface area contributed by atoms with Crippen molar-refractivity contribution in [2.24, 2.45) is 0 Å². The number of aliphatic hydroxyl groups excluding tert-OH is 1. The van der Waals surface area contributed by atoms with Gasteiger partial charge in [0.2, 0.25) is 5.41 Å². The van der Waals surface area contributed by atoms with Crippen molar-refractivity contribution in [3.8, 4) is 0 Å². The number of hydrogen-bond acceptors (Lipinski definition) is 11. The van der Waals surface area contributed by atoms with Gasteiger partial charge in [-0.1, -0.05) is 65.0 Å². The van der Waals surface area contributed by atoms with Crippen LogP contribution in [0.2, 0.25) is 0 Å². The first-order valence-electron chi connectivity index (χ1n) is 30.0. The molecule has 0 radical (unpaired) electrons. The molecule has 0 aromatic heterocycles. The maximum atomic E-state index is 16.0. The van der Waals surface area contributed by atoms with Gasteiger partial charge >= 0.3 is 24.5 Å². The summed E-state index contributed by atoms with van der Waals surface area (Å²) in [6, 6.07) is 14.7. The number of hydrogen-bond donors (Lipinski definition) is 1. The lowest BCUT2D eigenvalue weighted by molar-refractivity contribution is -0.288. The number of esters is 1. The van der Waals surface area contributed by atoms with Gasteiger partial charge in [-0.25, -0.2) is 14.6 Å². The Morgan fingerprint density at radius 3 is 1.29 bits per heavy atom. The van der Waals surface area contributed by atoms with E-state index in [1.54, 1.807) is 20.8 Å². The zero-order chi connectivity index (χ0) is 70.7. The molecule has 4 aliphatic rings. The fraction of sp³-hybridized carbons (Fsp3) is 0.366. The minimum atomic E-state index is -6.24. The summed E-state index contributed by atoms with van der Waals surface area (Å²) in [5.74, 6) is -9.24. The normalized spacial score (nSPS) is 16.3. The van der Waals surface area contributed by atoms with Crippen LogP contribution >= 0.6 is 0 Å². The van der Waals surface area contributed by atoms with Crippen LogP contribution in [0.25, 0.3) is 0 Å². The number of aliphatic hydroxyl groups is 1. The number of amides is 8. The second-order valence-corrected chi connectivity index (χ2v) is 27.6. The van der Waals surface area contributed by atoms with Crippen LogP contribution in [-0.2, 0) is 26.4 Å². The van der Waals surface area contributed by atoms with E-state index in [9.17, 15) is 48.3 Å². The van der Waals surface area contributed by atoms with Crippen molar-refractivity contribution in [1.82, 2.24) is 9.80 Å². The number of carbonyl (C=O) groups is 9. The van der Waals surface area contributed by atoms with Crippen LogP contribution in [0.5, 0.6) is 0 Å². The van der Waals surface area contributed by atoms with Gasteiger partial charge in [0.25, 0.3) is 47.3 Å². The van der Waals surface area contributed by atoms with E-state index in [0.717, 1.165) is 53.1 Å². The highest BCUT2D eigenvalue weighted by Gasteiger charge is 2.73. The number of ether oxygens (including phenoxy) is 1. The molecule has 24 heteroatoms. The molecule has 0 spiro atoms. The van der Waals surface area contributed by atoms with Gasteiger partial charge in [0.15, 0.2) is 0 Å². The Labute approximate surface area is 539 Å². The van der Waals surface area contributed by atoms with Crippen LogP contribution < -0.4 is 9.80 Å². The number of anilines is 2. The van der Waals surface area contributed by atoms with Crippen molar-refractivity contribution >= 4 is 64.6 Å². The monoisotopic (exact) mass is 1320 g/mol. The lowest BCUT2D eigenvalue weighted by Gasteiger charge is -2.48. The molecule has 1 N–H and O–H groups in total. The highest BCUT2D eigenvalue weighted by Crippen LogP contribution is 2.58. The summed E-state index contributed by atoms with van der Waals surface area (Å²) in [6.07, 6.45) is -17.5. The van der Waals surface area contributed by atoms with Crippen LogP contribution in [0.15, 0.2) is 97.1 Å². The van der Waals surface area contributed by atoms with Gasteiger partial charge in [-0.3, -0.25) is 48.2 Å². The molecule has 95 heavy (non-hydrogen) atoms. The molecular weight excluding hydrogens is 1260 g/mol. The van der Waals surface area contributed by atoms with Gasteiger partial charge in [-0.05, 0) is 185 Å². The number of alkyl halides is 9. The summed E-state index contributed by atoms with van der Waals surface area (Å²) in [5, 5.41) is 9.21. The third-order valence-electron chi connectivity index (χ3n) is 19.3. The number of fused-ring (bicyclic) bond motifs is 4. The van der Waals surface area contributed by atoms with Crippen molar-refractivity contribution in [3.63, 3.8) is 0 Å². The smallest absolute Gasteiger partial charge is 0.411 e. The molecule has 0 aliphatic carbocycles. The van der Waals surface area contributed by atoms with E-state index < -0.39 is 160 Å².